The van der Waals surface area contributed by atoms with Gasteiger partial charge >= 0.3 is 0 Å². The quantitative estimate of drug-likeness (QED) is 0.140. The minimum Gasteiger partial charge on any atom is -0.491 e. The molecule has 0 fully saturated rings. The maximum absolute atomic E-state index is 5.58. The summed E-state index contributed by atoms with van der Waals surface area (Å²) in [7, 11) is 0. The lowest BCUT2D eigenvalue weighted by Crippen LogP contribution is -2.22. The molecule has 0 saturated heterocycles. The minimum absolute atomic E-state index is 0.0249. The van der Waals surface area contributed by atoms with Crippen LogP contribution in [0.2, 0.25) is 0 Å². The summed E-state index contributed by atoms with van der Waals surface area (Å²) in [5, 5.41) is 12.3. The van der Waals surface area contributed by atoms with Crippen LogP contribution in [0.15, 0.2) is 110 Å². The molecule has 0 spiro atoms. The smallest absolute Gasteiger partial charge is 0.160 e. The van der Waals surface area contributed by atoms with E-state index in [2.05, 4.69) is 115 Å². The van der Waals surface area contributed by atoms with Gasteiger partial charge in [0.25, 0.3) is 0 Å². The number of H-pyrrole nitrogens is 4. The second-order valence-corrected chi connectivity index (χ2v) is 16.9. The van der Waals surface area contributed by atoms with Crippen LogP contribution < -0.4 is 9.47 Å². The van der Waals surface area contributed by atoms with Gasteiger partial charge in [0.15, 0.2) is 5.65 Å². The van der Waals surface area contributed by atoms with E-state index in [9.17, 15) is 0 Å². The van der Waals surface area contributed by atoms with Gasteiger partial charge in [0.05, 0.1) is 46.0 Å². The molecular weight excluding hydrogens is 725 g/mol. The fraction of sp³-hybridized carbons (Fsp3) is 0.304. The van der Waals surface area contributed by atoms with Gasteiger partial charge in [-0.05, 0) is 136 Å². The molecule has 0 saturated carbocycles. The maximum Gasteiger partial charge on any atom is 0.160 e. The number of pyridine rings is 2. The van der Waals surface area contributed by atoms with Gasteiger partial charge in [0, 0.05) is 69.6 Å². The van der Waals surface area contributed by atoms with Crippen molar-refractivity contribution < 1.29 is 9.47 Å². The van der Waals surface area contributed by atoms with Crippen molar-refractivity contribution in [3.8, 4) is 11.5 Å². The molecule has 12 nitrogen and oxygen atoms in total. The first kappa shape index (κ1) is 39.7. The third-order valence-electron chi connectivity index (χ3n) is 9.28. The number of fused-ring (bicyclic) bond motifs is 6. The van der Waals surface area contributed by atoms with E-state index in [-0.39, 0.29) is 23.3 Å². The number of nitrogens with one attached hydrogen (secondary N) is 4. The van der Waals surface area contributed by atoms with Crippen molar-refractivity contribution in [2.24, 2.45) is 0 Å². The molecule has 4 N–H and O–H groups in total. The van der Waals surface area contributed by atoms with E-state index in [1.807, 2.05) is 101 Å². The van der Waals surface area contributed by atoms with Crippen LogP contribution in [-0.2, 0) is 11.1 Å². The van der Waals surface area contributed by atoms with Crippen molar-refractivity contribution in [1.29, 1.82) is 0 Å². The summed E-state index contributed by atoms with van der Waals surface area (Å²) < 4.78 is 15.4. The molecule has 0 unspecified atom stereocenters. The van der Waals surface area contributed by atoms with Crippen LogP contribution in [0, 0.1) is 0 Å². The van der Waals surface area contributed by atoms with Crippen LogP contribution in [0.4, 0.5) is 0 Å². The molecule has 8 heterocycles. The summed E-state index contributed by atoms with van der Waals surface area (Å²) in [6, 6.07) is 22.6. The zero-order chi connectivity index (χ0) is 41.2. The topological polar surface area (TPSA) is 143 Å². The van der Waals surface area contributed by atoms with Gasteiger partial charge in [-0.2, -0.15) is 0 Å². The minimum atomic E-state index is 0.0249. The molecule has 0 bridgehead atoms. The fourth-order valence-corrected chi connectivity index (χ4v) is 6.72. The molecule has 0 atom stereocenters. The first-order chi connectivity index (χ1) is 27.6. The summed E-state index contributed by atoms with van der Waals surface area (Å²) in [6.45, 7) is 21.1. The molecular formula is C46H54N10O2. The Morgan fingerprint density at radius 1 is 0.552 bits per heavy atom. The van der Waals surface area contributed by atoms with E-state index in [4.69, 9.17) is 9.47 Å². The molecule has 2 aromatic carbocycles. The predicted octanol–water partition coefficient (Wildman–Crippen LogP) is 11.2. The molecule has 8 aromatic heterocycles. The van der Waals surface area contributed by atoms with Gasteiger partial charge in [0.2, 0.25) is 0 Å². The second kappa shape index (κ2) is 16.1. The van der Waals surface area contributed by atoms with E-state index in [1.165, 1.54) is 21.7 Å². The molecule has 0 aliphatic heterocycles. The maximum atomic E-state index is 5.58. The molecule has 0 aliphatic rings. The van der Waals surface area contributed by atoms with Gasteiger partial charge in [-0.1, -0.05) is 0 Å². The first-order valence-corrected chi connectivity index (χ1v) is 19.7. The lowest BCUT2D eigenvalue weighted by molar-refractivity contribution is 0.242. The molecule has 0 amide bonds. The lowest BCUT2D eigenvalue weighted by Gasteiger charge is -2.21. The Hall–Kier alpha value is -6.56. The van der Waals surface area contributed by atoms with Crippen LogP contribution in [0.25, 0.3) is 65.8 Å². The van der Waals surface area contributed by atoms with E-state index in [1.54, 1.807) is 12.4 Å². The third-order valence-corrected chi connectivity index (χ3v) is 9.28. The Kier molecular flexibility index (Phi) is 11.0. The molecule has 58 heavy (non-hydrogen) atoms. The predicted molar refractivity (Wildman–Crippen MR) is 237 cm³/mol. The zero-order valence-corrected chi connectivity index (χ0v) is 35.0. The van der Waals surface area contributed by atoms with Gasteiger partial charge in [0.1, 0.15) is 22.7 Å². The summed E-state index contributed by atoms with van der Waals surface area (Å²) in [6.07, 6.45) is 13.6. The van der Waals surface area contributed by atoms with Crippen LogP contribution >= 0.6 is 0 Å². The number of aromatic nitrogens is 10. The third kappa shape index (κ3) is 9.01. The Morgan fingerprint density at radius 3 is 1.95 bits per heavy atom. The van der Waals surface area contributed by atoms with Crippen molar-refractivity contribution in [2.45, 2.75) is 92.5 Å². The number of ether oxygens (including phenoxy) is 2. The monoisotopic (exact) mass is 778 g/mol. The number of nitrogens with zero attached hydrogens (tertiary/aromatic N) is 6. The Morgan fingerprint density at radius 2 is 1.19 bits per heavy atom. The van der Waals surface area contributed by atoms with Crippen molar-refractivity contribution in [2.75, 3.05) is 0 Å². The normalized spacial score (nSPS) is 11.9. The lowest BCUT2D eigenvalue weighted by atomic mass is 10.1. The van der Waals surface area contributed by atoms with E-state index >= 15 is 0 Å². The number of rotatable bonds is 4. The standard InChI is InChI=1S/C13H15N3.C12H14N4.C11H13NO.C10H12N2O/c1-13(2,3)16-12-7-9-4-5-14-11(9)6-10(12)8-15-16;1-12(2,3)16-10-6-8-4-5-13-11(8)15-9(10)7-14-16;1-8(2)13-10-3-4-11-9(7-10)5-6-12-11;1-7(2)13-9-5-8-3-4-11-10(8)12-6-9/h4-8,15H,1-3H3;4-7,14H,1-3H3;3-8,12H,1-2H3;3-7H,1-2H3,(H,11,12). The Bertz CT molecular complexity index is 2700. The summed E-state index contributed by atoms with van der Waals surface area (Å²) in [5.41, 5.74) is 7.32. The highest BCUT2D eigenvalue weighted by Gasteiger charge is 2.18. The molecule has 10 rings (SSSR count). The summed E-state index contributed by atoms with van der Waals surface area (Å²) >= 11 is 0. The largest absolute Gasteiger partial charge is 0.491 e. The van der Waals surface area contributed by atoms with Crippen LogP contribution in [0.3, 0.4) is 0 Å². The van der Waals surface area contributed by atoms with Gasteiger partial charge in [-0.15, -0.1) is 0 Å². The van der Waals surface area contributed by atoms with E-state index in [0.717, 1.165) is 55.6 Å². The zero-order valence-electron chi connectivity index (χ0n) is 35.0. The summed E-state index contributed by atoms with van der Waals surface area (Å²) in [4.78, 5) is 23.4. The van der Waals surface area contributed by atoms with Crippen LogP contribution in [0.1, 0.15) is 69.2 Å². The first-order valence-electron chi connectivity index (χ1n) is 19.7. The average molecular weight is 779 g/mol. The number of benzene rings is 2. The molecule has 10 aromatic rings. The van der Waals surface area contributed by atoms with Crippen LogP contribution in [-0.4, -0.2) is 61.7 Å². The Labute approximate surface area is 338 Å². The van der Waals surface area contributed by atoms with Gasteiger partial charge in [-0.3, -0.25) is 14.3 Å². The molecule has 300 valence electrons. The number of hydrogen-bond acceptors (Lipinski definition) is 6. The molecule has 0 radical (unpaired) electrons. The average Bonchev–Trinajstić information content (AvgIpc) is 4.01. The molecule has 12 heteroatoms. The highest BCUT2D eigenvalue weighted by molar-refractivity contribution is 5.95. The van der Waals surface area contributed by atoms with E-state index < -0.39 is 0 Å². The SMILES string of the molecule is CC(C)(C)n1[nH]cc2cc3nccc3cc21.CC(C)(C)n1[nH]cc2nc3nccc3cc21.CC(C)Oc1ccc2[nH]ccc2c1.CC(C)Oc1cnc2[nH]ccc2c1. The van der Waals surface area contributed by atoms with Crippen molar-refractivity contribution in [3.05, 3.63) is 110 Å². The second-order valence-electron chi connectivity index (χ2n) is 16.9. The van der Waals surface area contributed by atoms with Crippen LogP contribution in [0.5, 0.6) is 11.5 Å². The summed E-state index contributed by atoms with van der Waals surface area (Å²) in [5.74, 6) is 1.75. The van der Waals surface area contributed by atoms with Crippen molar-refractivity contribution in [1.82, 2.24) is 49.5 Å². The fourth-order valence-electron chi connectivity index (χ4n) is 6.72. The highest BCUT2D eigenvalue weighted by atomic mass is 16.5. The van der Waals surface area contributed by atoms with Crippen molar-refractivity contribution in [3.63, 3.8) is 0 Å². The van der Waals surface area contributed by atoms with Crippen molar-refractivity contribution >= 4 is 65.8 Å². The number of hydrogen-bond donors (Lipinski definition) is 4. The van der Waals surface area contributed by atoms with Gasteiger partial charge in [-0.25, -0.2) is 15.0 Å². The van der Waals surface area contributed by atoms with E-state index in [0.29, 0.717) is 0 Å². The highest BCUT2D eigenvalue weighted by Crippen LogP contribution is 2.27. The molecule has 0 aliphatic carbocycles. The Balaban J connectivity index is 0.000000118. The number of aromatic amines is 4. The van der Waals surface area contributed by atoms with Gasteiger partial charge < -0.3 is 29.6 Å².